The molecule has 0 aliphatic heterocycles. The molecule has 0 aromatic heterocycles. The average Bonchev–Trinajstić information content (AvgIpc) is 2.36. The van der Waals surface area contributed by atoms with E-state index in [1.165, 1.54) is 0 Å². The number of hydrogen-bond donors (Lipinski definition) is 4. The number of anilines is 2. The fourth-order valence-electron chi connectivity index (χ4n) is 1.79. The van der Waals surface area contributed by atoms with Crippen LogP contribution in [0.1, 0.15) is 51.9 Å². The zero-order chi connectivity index (χ0) is 20.3. The van der Waals surface area contributed by atoms with Gasteiger partial charge in [0.2, 0.25) is 0 Å². The van der Waals surface area contributed by atoms with Crippen molar-refractivity contribution < 1.29 is 34.1 Å². The van der Waals surface area contributed by atoms with Gasteiger partial charge in [-0.3, -0.25) is 10.6 Å². The summed E-state index contributed by atoms with van der Waals surface area (Å²) in [5.41, 5.74) is -2.12. The lowest BCUT2D eigenvalue weighted by Crippen LogP contribution is -2.29. The van der Waals surface area contributed by atoms with Crippen molar-refractivity contribution >= 4 is 29.5 Å². The lowest BCUT2D eigenvalue weighted by molar-refractivity contribution is 0.0620. The third kappa shape index (κ3) is 6.88. The fourth-order valence-corrected chi connectivity index (χ4v) is 1.79. The predicted octanol–water partition coefficient (Wildman–Crippen LogP) is 3.78. The maximum Gasteiger partial charge on any atom is 0.412 e. The Kier molecular flexibility index (Phi) is 6.08. The fraction of sp³-hybridized carbons (Fsp3) is 0.471. The molecule has 9 heteroatoms. The Balaban J connectivity index is 3.18. The first kappa shape index (κ1) is 21.1. The van der Waals surface area contributed by atoms with E-state index >= 15 is 0 Å². The molecular weight excluding hydrogens is 344 g/mol. The number of aromatic carboxylic acids is 1. The van der Waals surface area contributed by atoms with Crippen molar-refractivity contribution in [2.75, 3.05) is 10.6 Å². The maximum atomic E-state index is 12.0. The molecule has 0 saturated heterocycles. The first-order chi connectivity index (χ1) is 11.7. The summed E-state index contributed by atoms with van der Waals surface area (Å²) < 4.78 is 10.2. The van der Waals surface area contributed by atoms with Crippen LogP contribution in [0.2, 0.25) is 0 Å². The van der Waals surface area contributed by atoms with Gasteiger partial charge in [0.25, 0.3) is 0 Å². The maximum absolute atomic E-state index is 12.0. The van der Waals surface area contributed by atoms with Crippen molar-refractivity contribution in [3.8, 4) is 5.75 Å². The van der Waals surface area contributed by atoms with E-state index in [1.807, 2.05) is 0 Å². The molecule has 1 rings (SSSR count). The van der Waals surface area contributed by atoms with Gasteiger partial charge in [0.15, 0.2) is 0 Å². The van der Waals surface area contributed by atoms with Crippen LogP contribution in [0.25, 0.3) is 0 Å². The molecule has 1 aromatic rings. The molecule has 0 bridgehead atoms. The van der Waals surface area contributed by atoms with Crippen LogP contribution in [0.15, 0.2) is 12.1 Å². The number of amides is 2. The van der Waals surface area contributed by atoms with Crippen LogP contribution < -0.4 is 10.6 Å². The number of phenols is 1. The Morgan fingerprint density at radius 2 is 1.23 bits per heavy atom. The molecule has 144 valence electrons. The summed E-state index contributed by atoms with van der Waals surface area (Å²) >= 11 is 0. The van der Waals surface area contributed by atoms with Gasteiger partial charge in [0, 0.05) is 6.07 Å². The summed E-state index contributed by atoms with van der Waals surface area (Å²) in [5, 5.41) is 23.7. The normalized spacial score (nSPS) is 11.5. The molecular formula is C17H24N2O7. The number of nitrogens with one attached hydrogen (secondary N) is 2. The van der Waals surface area contributed by atoms with Crippen molar-refractivity contribution in [3.05, 3.63) is 17.7 Å². The second kappa shape index (κ2) is 7.51. The number of carbonyl (C=O) groups is 3. The number of carbonyl (C=O) groups excluding carboxylic acids is 2. The van der Waals surface area contributed by atoms with E-state index < -0.39 is 40.7 Å². The third-order valence-corrected chi connectivity index (χ3v) is 2.64. The summed E-state index contributed by atoms with van der Waals surface area (Å²) in [6, 6.07) is 2.01. The molecule has 0 fully saturated rings. The second-order valence-electron chi connectivity index (χ2n) is 7.47. The highest BCUT2D eigenvalue weighted by atomic mass is 16.6. The Bertz CT molecular complexity index is 715. The van der Waals surface area contributed by atoms with E-state index in [9.17, 15) is 19.5 Å². The lowest BCUT2D eigenvalue weighted by atomic mass is 10.1. The van der Waals surface area contributed by atoms with Crippen LogP contribution in [0.3, 0.4) is 0 Å². The molecule has 2 amide bonds. The van der Waals surface area contributed by atoms with E-state index in [0.29, 0.717) is 0 Å². The van der Waals surface area contributed by atoms with Crippen LogP contribution >= 0.6 is 0 Å². The summed E-state index contributed by atoms with van der Waals surface area (Å²) in [7, 11) is 0. The Hall–Kier alpha value is -2.97. The van der Waals surface area contributed by atoms with Crippen molar-refractivity contribution in [1.29, 1.82) is 0 Å². The highest BCUT2D eigenvalue weighted by Crippen LogP contribution is 2.31. The van der Waals surface area contributed by atoms with Gasteiger partial charge in [-0.25, -0.2) is 14.4 Å². The van der Waals surface area contributed by atoms with E-state index in [4.69, 9.17) is 14.6 Å². The number of aromatic hydroxyl groups is 1. The molecule has 0 spiro atoms. The van der Waals surface area contributed by atoms with Gasteiger partial charge in [-0.2, -0.15) is 0 Å². The van der Waals surface area contributed by atoms with Gasteiger partial charge < -0.3 is 19.7 Å². The van der Waals surface area contributed by atoms with E-state index in [0.717, 1.165) is 12.1 Å². The summed E-state index contributed by atoms with van der Waals surface area (Å²) in [5.74, 6) is -1.99. The van der Waals surface area contributed by atoms with Crippen molar-refractivity contribution in [3.63, 3.8) is 0 Å². The van der Waals surface area contributed by atoms with Gasteiger partial charge in [0.1, 0.15) is 22.5 Å². The molecule has 0 radical (unpaired) electrons. The van der Waals surface area contributed by atoms with Crippen molar-refractivity contribution in [2.24, 2.45) is 0 Å². The number of carboxylic acid groups (broad SMARTS) is 1. The average molecular weight is 368 g/mol. The Morgan fingerprint density at radius 3 is 1.58 bits per heavy atom. The minimum atomic E-state index is -1.40. The minimum Gasteiger partial charge on any atom is -0.507 e. The molecule has 26 heavy (non-hydrogen) atoms. The number of benzene rings is 1. The second-order valence-corrected chi connectivity index (χ2v) is 7.47. The molecule has 0 aliphatic carbocycles. The largest absolute Gasteiger partial charge is 0.507 e. The van der Waals surface area contributed by atoms with Gasteiger partial charge in [-0.05, 0) is 47.6 Å². The summed E-state index contributed by atoms with van der Waals surface area (Å²) in [6.07, 6.45) is -1.70. The minimum absolute atomic E-state index is 0.0485. The molecule has 4 N–H and O–H groups in total. The van der Waals surface area contributed by atoms with Crippen molar-refractivity contribution in [2.45, 2.75) is 52.7 Å². The van der Waals surface area contributed by atoms with Crippen molar-refractivity contribution in [1.82, 2.24) is 0 Å². The Labute approximate surface area is 151 Å². The SMILES string of the molecule is CC(C)(C)OC(=O)Nc1cc(O)c(C(=O)O)cc1NC(=O)OC(C)(C)C. The quantitative estimate of drug-likeness (QED) is 0.596. The van der Waals surface area contributed by atoms with Crippen LogP contribution in [0.4, 0.5) is 21.0 Å². The standard InChI is InChI=1S/C17H24N2O7/c1-16(2,3)25-14(23)18-10-7-9(13(21)22)12(20)8-11(10)19-15(24)26-17(4,5)6/h7-8,20H,1-6H3,(H,18,23)(H,19,24)(H,21,22). The molecule has 0 heterocycles. The lowest BCUT2D eigenvalue weighted by Gasteiger charge is -2.22. The van der Waals surface area contributed by atoms with Crippen LogP contribution in [0, 0.1) is 0 Å². The highest BCUT2D eigenvalue weighted by Gasteiger charge is 2.22. The van der Waals surface area contributed by atoms with Crippen LogP contribution in [-0.2, 0) is 9.47 Å². The van der Waals surface area contributed by atoms with Gasteiger partial charge in [-0.1, -0.05) is 0 Å². The molecule has 0 aliphatic rings. The first-order valence-corrected chi connectivity index (χ1v) is 7.78. The van der Waals surface area contributed by atoms with Gasteiger partial charge >= 0.3 is 18.2 Å². The monoisotopic (exact) mass is 368 g/mol. The zero-order valence-electron chi connectivity index (χ0n) is 15.6. The molecule has 9 nitrogen and oxygen atoms in total. The topological polar surface area (TPSA) is 134 Å². The number of carboxylic acids is 1. The molecule has 1 aromatic carbocycles. The number of ether oxygens (including phenoxy) is 2. The van der Waals surface area contributed by atoms with Gasteiger partial charge in [0.05, 0.1) is 11.4 Å². The highest BCUT2D eigenvalue weighted by molar-refractivity contribution is 6.00. The Morgan fingerprint density at radius 1 is 0.846 bits per heavy atom. The van der Waals surface area contributed by atoms with Gasteiger partial charge in [-0.15, -0.1) is 0 Å². The van der Waals surface area contributed by atoms with E-state index in [1.54, 1.807) is 41.5 Å². The molecule has 0 unspecified atom stereocenters. The third-order valence-electron chi connectivity index (χ3n) is 2.64. The van der Waals surface area contributed by atoms with E-state index in [2.05, 4.69) is 10.6 Å². The zero-order valence-corrected chi connectivity index (χ0v) is 15.6. The van der Waals surface area contributed by atoms with Crippen LogP contribution in [0.5, 0.6) is 5.75 Å². The summed E-state index contributed by atoms with van der Waals surface area (Å²) in [4.78, 5) is 35.1. The van der Waals surface area contributed by atoms with E-state index in [-0.39, 0.29) is 11.4 Å². The van der Waals surface area contributed by atoms with Crippen LogP contribution in [-0.4, -0.2) is 39.6 Å². The predicted molar refractivity (Wildman–Crippen MR) is 94.8 cm³/mol. The number of rotatable bonds is 3. The first-order valence-electron chi connectivity index (χ1n) is 7.78. The number of hydrogen-bond acceptors (Lipinski definition) is 6. The smallest absolute Gasteiger partial charge is 0.412 e. The molecule has 0 saturated carbocycles. The summed E-state index contributed by atoms with van der Waals surface area (Å²) in [6.45, 7) is 9.97. The molecule has 0 atom stereocenters.